The minimum atomic E-state index is -0.261. The van der Waals surface area contributed by atoms with Crippen molar-refractivity contribution in [2.45, 2.75) is 20.0 Å². The van der Waals surface area contributed by atoms with Crippen LogP contribution < -0.4 is 5.32 Å². The first-order valence-electron chi connectivity index (χ1n) is 9.74. The molecular formula is C25H22N2O2S. The number of carbonyl (C=O) groups is 1. The number of hydrogen-bond acceptors (Lipinski definition) is 5. The minimum absolute atomic E-state index is 0.174. The lowest BCUT2D eigenvalue weighted by atomic mass is 10.0. The van der Waals surface area contributed by atoms with Crippen molar-refractivity contribution < 1.29 is 9.53 Å². The summed E-state index contributed by atoms with van der Waals surface area (Å²) in [6.07, 6.45) is 0.244. The number of hydrogen-bond donors (Lipinski definition) is 1. The van der Waals surface area contributed by atoms with Crippen LogP contribution in [0.15, 0.2) is 84.2 Å². The molecule has 0 aliphatic carbocycles. The third-order valence-electron chi connectivity index (χ3n) is 4.65. The van der Waals surface area contributed by atoms with Crippen molar-refractivity contribution in [3.05, 3.63) is 101 Å². The summed E-state index contributed by atoms with van der Waals surface area (Å²) in [5.74, 6) is -0.261. The second-order valence-electron chi connectivity index (χ2n) is 7.04. The van der Waals surface area contributed by atoms with E-state index in [1.165, 1.54) is 16.9 Å². The maximum Gasteiger partial charge on any atom is 0.310 e. The quantitative estimate of drug-likeness (QED) is 0.369. The van der Waals surface area contributed by atoms with Crippen molar-refractivity contribution >= 4 is 28.1 Å². The second kappa shape index (κ2) is 9.37. The lowest BCUT2D eigenvalue weighted by molar-refractivity contribution is -0.144. The number of thiazole rings is 1. The third-order valence-corrected chi connectivity index (χ3v) is 5.45. The van der Waals surface area contributed by atoms with Crippen LogP contribution >= 0.6 is 11.3 Å². The molecule has 30 heavy (non-hydrogen) atoms. The van der Waals surface area contributed by atoms with E-state index in [0.29, 0.717) is 0 Å². The molecule has 0 spiro atoms. The van der Waals surface area contributed by atoms with Crippen LogP contribution in [0.5, 0.6) is 0 Å². The molecule has 0 aliphatic heterocycles. The van der Waals surface area contributed by atoms with Gasteiger partial charge in [0.2, 0.25) is 0 Å². The number of aryl methyl sites for hydroxylation is 1. The fraction of sp³-hybridized carbons (Fsp3) is 0.120. The summed E-state index contributed by atoms with van der Waals surface area (Å²) in [4.78, 5) is 16.7. The number of rotatable bonds is 7. The predicted molar refractivity (Wildman–Crippen MR) is 122 cm³/mol. The van der Waals surface area contributed by atoms with Crippen LogP contribution in [0.4, 0.5) is 10.8 Å². The summed E-state index contributed by atoms with van der Waals surface area (Å²) in [5, 5.41) is 5.94. The van der Waals surface area contributed by atoms with Gasteiger partial charge in [-0.3, -0.25) is 4.79 Å². The molecule has 4 aromatic rings. The number of esters is 1. The number of anilines is 2. The molecule has 0 atom stereocenters. The Balaban J connectivity index is 1.28. The lowest BCUT2D eigenvalue weighted by Gasteiger charge is -2.05. The smallest absolute Gasteiger partial charge is 0.310 e. The van der Waals surface area contributed by atoms with Gasteiger partial charge < -0.3 is 10.1 Å². The normalized spacial score (nSPS) is 10.6. The van der Waals surface area contributed by atoms with Crippen LogP contribution in [0.25, 0.3) is 11.1 Å². The van der Waals surface area contributed by atoms with Gasteiger partial charge in [0.15, 0.2) is 5.13 Å². The van der Waals surface area contributed by atoms with Gasteiger partial charge in [0.05, 0.1) is 12.1 Å². The van der Waals surface area contributed by atoms with Crippen LogP contribution in [0.3, 0.4) is 0 Å². The Labute approximate surface area is 180 Å². The molecule has 4 nitrogen and oxygen atoms in total. The second-order valence-corrected chi connectivity index (χ2v) is 7.89. The molecule has 0 aliphatic rings. The van der Waals surface area contributed by atoms with Crippen molar-refractivity contribution in [3.63, 3.8) is 0 Å². The van der Waals surface area contributed by atoms with Crippen molar-refractivity contribution in [3.8, 4) is 11.1 Å². The van der Waals surface area contributed by atoms with E-state index in [1.54, 1.807) is 0 Å². The molecule has 0 radical (unpaired) electrons. The van der Waals surface area contributed by atoms with Crippen molar-refractivity contribution in [1.29, 1.82) is 0 Å². The molecule has 1 N–H and O–H groups in total. The van der Waals surface area contributed by atoms with E-state index in [9.17, 15) is 4.79 Å². The number of benzene rings is 3. The van der Waals surface area contributed by atoms with Crippen molar-refractivity contribution in [2.75, 3.05) is 5.32 Å². The third kappa shape index (κ3) is 5.33. The number of nitrogens with one attached hydrogen (secondary N) is 1. The maximum atomic E-state index is 12.2. The van der Waals surface area contributed by atoms with E-state index < -0.39 is 0 Å². The van der Waals surface area contributed by atoms with Gasteiger partial charge in [-0.25, -0.2) is 4.98 Å². The Hall–Kier alpha value is -3.44. The predicted octanol–water partition coefficient (Wildman–Crippen LogP) is 6.15. The van der Waals surface area contributed by atoms with Gasteiger partial charge >= 0.3 is 5.97 Å². The fourth-order valence-corrected chi connectivity index (χ4v) is 3.72. The zero-order valence-electron chi connectivity index (χ0n) is 16.7. The Morgan fingerprint density at radius 3 is 2.37 bits per heavy atom. The molecule has 150 valence electrons. The molecule has 0 unspecified atom stereocenters. The molecule has 0 fully saturated rings. The Morgan fingerprint density at radius 2 is 1.63 bits per heavy atom. The van der Waals surface area contributed by atoms with Gasteiger partial charge in [-0.15, -0.1) is 11.3 Å². The molecule has 0 bridgehead atoms. The maximum absolute atomic E-state index is 12.2. The zero-order chi connectivity index (χ0) is 20.8. The van der Waals surface area contributed by atoms with Crippen LogP contribution in [0, 0.1) is 6.92 Å². The van der Waals surface area contributed by atoms with Crippen LogP contribution in [0.2, 0.25) is 0 Å². The molecular weight excluding hydrogens is 392 g/mol. The van der Waals surface area contributed by atoms with E-state index in [0.717, 1.165) is 33.2 Å². The van der Waals surface area contributed by atoms with E-state index >= 15 is 0 Å². The van der Waals surface area contributed by atoms with Crippen LogP contribution in [-0.4, -0.2) is 11.0 Å². The highest BCUT2D eigenvalue weighted by Gasteiger charge is 2.08. The van der Waals surface area contributed by atoms with E-state index in [4.69, 9.17) is 4.74 Å². The highest BCUT2D eigenvalue weighted by atomic mass is 32.1. The highest BCUT2D eigenvalue weighted by molar-refractivity contribution is 7.13. The minimum Gasteiger partial charge on any atom is -0.459 e. The molecule has 4 rings (SSSR count). The lowest BCUT2D eigenvalue weighted by Crippen LogP contribution is -2.08. The summed E-state index contributed by atoms with van der Waals surface area (Å²) in [5.41, 5.74) is 6.15. The van der Waals surface area contributed by atoms with E-state index in [1.807, 2.05) is 72.1 Å². The molecule has 0 saturated heterocycles. The fourth-order valence-electron chi connectivity index (χ4n) is 3.01. The van der Waals surface area contributed by atoms with Gasteiger partial charge in [0.1, 0.15) is 6.61 Å². The average Bonchev–Trinajstić information content (AvgIpc) is 3.22. The van der Waals surface area contributed by atoms with E-state index in [-0.39, 0.29) is 19.0 Å². The van der Waals surface area contributed by atoms with Gasteiger partial charge in [0, 0.05) is 11.1 Å². The molecule has 0 amide bonds. The topological polar surface area (TPSA) is 51.2 Å². The monoisotopic (exact) mass is 414 g/mol. The van der Waals surface area contributed by atoms with Gasteiger partial charge in [-0.2, -0.15) is 0 Å². The first-order valence-corrected chi connectivity index (χ1v) is 10.6. The molecule has 0 saturated carbocycles. The summed E-state index contributed by atoms with van der Waals surface area (Å²) < 4.78 is 5.40. The largest absolute Gasteiger partial charge is 0.459 e. The summed E-state index contributed by atoms with van der Waals surface area (Å²) in [6.45, 7) is 2.23. The first-order chi connectivity index (χ1) is 14.7. The van der Waals surface area contributed by atoms with Crippen LogP contribution in [-0.2, 0) is 22.6 Å². The Morgan fingerprint density at radius 1 is 0.933 bits per heavy atom. The standard InChI is InChI=1S/C25H22N2O2S/c1-18-7-13-22(14-8-18)26-25-27-23(17-30-25)16-29-24(28)15-19-9-11-21(12-10-19)20-5-3-2-4-6-20/h2-14,17H,15-16H2,1H3,(H,26,27). The molecule has 3 aromatic carbocycles. The summed E-state index contributed by atoms with van der Waals surface area (Å²) in [6, 6.07) is 26.3. The summed E-state index contributed by atoms with van der Waals surface area (Å²) in [7, 11) is 0. The average molecular weight is 415 g/mol. The number of aromatic nitrogens is 1. The number of carbonyl (C=O) groups excluding carboxylic acids is 1. The molecule has 5 heteroatoms. The van der Waals surface area contributed by atoms with Crippen molar-refractivity contribution in [1.82, 2.24) is 4.98 Å². The molecule has 1 heterocycles. The summed E-state index contributed by atoms with van der Waals surface area (Å²) >= 11 is 1.49. The molecule has 1 aromatic heterocycles. The van der Waals surface area contributed by atoms with Gasteiger partial charge in [0.25, 0.3) is 0 Å². The Kier molecular flexibility index (Phi) is 6.20. The van der Waals surface area contributed by atoms with Gasteiger partial charge in [-0.05, 0) is 35.7 Å². The SMILES string of the molecule is Cc1ccc(Nc2nc(COC(=O)Cc3ccc(-c4ccccc4)cc3)cs2)cc1. The zero-order valence-corrected chi connectivity index (χ0v) is 17.5. The Bertz CT molecular complexity index is 1100. The van der Waals surface area contributed by atoms with E-state index in [2.05, 4.69) is 29.4 Å². The van der Waals surface area contributed by atoms with Gasteiger partial charge in [-0.1, -0.05) is 72.3 Å². The number of nitrogens with zero attached hydrogens (tertiary/aromatic N) is 1. The first kappa shape index (κ1) is 19.9. The van der Waals surface area contributed by atoms with Crippen molar-refractivity contribution in [2.24, 2.45) is 0 Å². The van der Waals surface area contributed by atoms with Crippen LogP contribution in [0.1, 0.15) is 16.8 Å². The highest BCUT2D eigenvalue weighted by Crippen LogP contribution is 2.22. The number of ether oxygens (including phenoxy) is 1.